The van der Waals surface area contributed by atoms with Crippen molar-refractivity contribution in [3.8, 4) is 0 Å². The SMILES string of the molecule is CCc1c(NC)ncnc1N(C)Cc1ccccc1Cl. The first kappa shape index (κ1) is 14.6. The van der Waals surface area contributed by atoms with E-state index in [4.69, 9.17) is 11.6 Å². The summed E-state index contributed by atoms with van der Waals surface area (Å²) in [6.45, 7) is 2.82. The first-order valence-electron chi connectivity index (χ1n) is 6.63. The molecule has 1 aromatic heterocycles. The molecule has 2 rings (SSSR count). The van der Waals surface area contributed by atoms with E-state index in [0.29, 0.717) is 6.54 Å². The van der Waals surface area contributed by atoms with E-state index >= 15 is 0 Å². The van der Waals surface area contributed by atoms with E-state index in [1.165, 1.54) is 0 Å². The van der Waals surface area contributed by atoms with Crippen LogP contribution in [0, 0.1) is 0 Å². The fraction of sp³-hybridized carbons (Fsp3) is 0.333. The van der Waals surface area contributed by atoms with E-state index in [-0.39, 0.29) is 0 Å². The van der Waals surface area contributed by atoms with E-state index in [0.717, 1.165) is 34.2 Å². The van der Waals surface area contributed by atoms with Gasteiger partial charge in [-0.2, -0.15) is 0 Å². The highest BCUT2D eigenvalue weighted by Gasteiger charge is 2.13. The highest BCUT2D eigenvalue weighted by Crippen LogP contribution is 2.25. The van der Waals surface area contributed by atoms with Crippen molar-refractivity contribution in [3.63, 3.8) is 0 Å². The highest BCUT2D eigenvalue weighted by atomic mass is 35.5. The third kappa shape index (κ3) is 3.02. The third-order valence-electron chi connectivity index (χ3n) is 3.24. The maximum atomic E-state index is 6.22. The molecule has 0 saturated carbocycles. The summed E-state index contributed by atoms with van der Waals surface area (Å²) in [4.78, 5) is 10.8. The van der Waals surface area contributed by atoms with Crippen LogP contribution >= 0.6 is 11.6 Å². The summed E-state index contributed by atoms with van der Waals surface area (Å²) in [5.74, 6) is 1.82. The summed E-state index contributed by atoms with van der Waals surface area (Å²) in [6.07, 6.45) is 2.46. The Hall–Kier alpha value is -1.81. The smallest absolute Gasteiger partial charge is 0.137 e. The number of benzene rings is 1. The zero-order valence-electron chi connectivity index (χ0n) is 12.0. The molecule has 1 heterocycles. The summed E-state index contributed by atoms with van der Waals surface area (Å²) in [6, 6.07) is 7.87. The van der Waals surface area contributed by atoms with Crippen molar-refractivity contribution >= 4 is 23.2 Å². The molecule has 0 aliphatic heterocycles. The van der Waals surface area contributed by atoms with Crippen LogP contribution in [0.2, 0.25) is 5.02 Å². The molecule has 0 aliphatic rings. The number of hydrogen-bond donors (Lipinski definition) is 1. The Morgan fingerprint density at radius 2 is 2.00 bits per heavy atom. The van der Waals surface area contributed by atoms with Crippen LogP contribution in [0.4, 0.5) is 11.6 Å². The van der Waals surface area contributed by atoms with Gasteiger partial charge in [0.15, 0.2) is 0 Å². The second kappa shape index (κ2) is 6.57. The van der Waals surface area contributed by atoms with Crippen molar-refractivity contribution in [2.24, 2.45) is 0 Å². The lowest BCUT2D eigenvalue weighted by atomic mass is 10.1. The lowest BCUT2D eigenvalue weighted by molar-refractivity contribution is 0.871. The molecular formula is C15H19ClN4. The summed E-state index contributed by atoms with van der Waals surface area (Å²) in [7, 11) is 3.89. The predicted octanol–water partition coefficient (Wildman–Crippen LogP) is 3.37. The normalized spacial score (nSPS) is 10.4. The van der Waals surface area contributed by atoms with Crippen LogP contribution in [0.25, 0.3) is 0 Å². The van der Waals surface area contributed by atoms with Gasteiger partial charge in [-0.05, 0) is 18.1 Å². The first-order valence-corrected chi connectivity index (χ1v) is 7.01. The van der Waals surface area contributed by atoms with Gasteiger partial charge in [-0.15, -0.1) is 0 Å². The summed E-state index contributed by atoms with van der Waals surface area (Å²) in [5, 5.41) is 3.89. The van der Waals surface area contributed by atoms with Crippen molar-refractivity contribution in [2.75, 3.05) is 24.3 Å². The van der Waals surface area contributed by atoms with Gasteiger partial charge in [0.1, 0.15) is 18.0 Å². The number of halogens is 1. The van der Waals surface area contributed by atoms with Crippen molar-refractivity contribution in [2.45, 2.75) is 19.9 Å². The summed E-state index contributed by atoms with van der Waals surface area (Å²) in [5.41, 5.74) is 2.20. The van der Waals surface area contributed by atoms with Crippen molar-refractivity contribution < 1.29 is 0 Å². The molecule has 0 bridgehead atoms. The maximum Gasteiger partial charge on any atom is 0.137 e. The van der Waals surface area contributed by atoms with E-state index in [2.05, 4.69) is 27.1 Å². The number of nitrogens with zero attached hydrogens (tertiary/aromatic N) is 3. The number of nitrogens with one attached hydrogen (secondary N) is 1. The topological polar surface area (TPSA) is 41.1 Å². The molecule has 1 N–H and O–H groups in total. The van der Waals surface area contributed by atoms with Gasteiger partial charge in [0.05, 0.1) is 0 Å². The predicted molar refractivity (Wildman–Crippen MR) is 84.5 cm³/mol. The maximum absolute atomic E-state index is 6.22. The second-order valence-corrected chi connectivity index (χ2v) is 4.98. The van der Waals surface area contributed by atoms with Crippen molar-refractivity contribution in [1.29, 1.82) is 0 Å². The molecule has 2 aromatic rings. The number of rotatable bonds is 5. The van der Waals surface area contributed by atoms with Crippen LogP contribution in [-0.4, -0.2) is 24.1 Å². The molecule has 1 aromatic carbocycles. The fourth-order valence-electron chi connectivity index (χ4n) is 2.23. The van der Waals surface area contributed by atoms with Gasteiger partial charge in [-0.1, -0.05) is 36.7 Å². The molecule has 106 valence electrons. The monoisotopic (exact) mass is 290 g/mol. The molecule has 0 radical (unpaired) electrons. The van der Waals surface area contributed by atoms with Crippen LogP contribution in [0.1, 0.15) is 18.1 Å². The molecule has 4 nitrogen and oxygen atoms in total. The average molecular weight is 291 g/mol. The minimum Gasteiger partial charge on any atom is -0.373 e. The summed E-state index contributed by atoms with van der Waals surface area (Å²) >= 11 is 6.22. The van der Waals surface area contributed by atoms with Gasteiger partial charge >= 0.3 is 0 Å². The molecule has 0 aliphatic carbocycles. The Labute approximate surface area is 124 Å². The molecule has 0 fully saturated rings. The fourth-order valence-corrected chi connectivity index (χ4v) is 2.43. The molecule has 0 unspecified atom stereocenters. The molecule has 0 amide bonds. The minimum absolute atomic E-state index is 0.715. The average Bonchev–Trinajstić information content (AvgIpc) is 2.48. The quantitative estimate of drug-likeness (QED) is 0.917. The lowest BCUT2D eigenvalue weighted by Gasteiger charge is -2.22. The molecule has 0 spiro atoms. The van der Waals surface area contributed by atoms with E-state index in [1.54, 1.807) is 6.33 Å². The van der Waals surface area contributed by atoms with Gasteiger partial charge in [-0.3, -0.25) is 0 Å². The van der Waals surface area contributed by atoms with Gasteiger partial charge in [0.25, 0.3) is 0 Å². The molecular weight excluding hydrogens is 272 g/mol. The number of anilines is 2. The van der Waals surface area contributed by atoms with Gasteiger partial charge in [-0.25, -0.2) is 9.97 Å². The minimum atomic E-state index is 0.715. The zero-order valence-corrected chi connectivity index (χ0v) is 12.8. The summed E-state index contributed by atoms with van der Waals surface area (Å²) < 4.78 is 0. The van der Waals surface area contributed by atoms with Crippen molar-refractivity contribution in [1.82, 2.24) is 9.97 Å². The number of aromatic nitrogens is 2. The van der Waals surface area contributed by atoms with Crippen molar-refractivity contribution in [3.05, 3.63) is 46.7 Å². The second-order valence-electron chi connectivity index (χ2n) is 4.58. The van der Waals surface area contributed by atoms with E-state index < -0.39 is 0 Å². The van der Waals surface area contributed by atoms with Crippen LogP contribution in [-0.2, 0) is 13.0 Å². The van der Waals surface area contributed by atoms with Gasteiger partial charge < -0.3 is 10.2 Å². The highest BCUT2D eigenvalue weighted by molar-refractivity contribution is 6.31. The molecule has 20 heavy (non-hydrogen) atoms. The van der Waals surface area contributed by atoms with Gasteiger partial charge in [0, 0.05) is 31.2 Å². The Morgan fingerprint density at radius 1 is 1.25 bits per heavy atom. The standard InChI is InChI=1S/C15H19ClN4/c1-4-12-14(17-2)18-10-19-15(12)20(3)9-11-7-5-6-8-13(11)16/h5-8,10H,4,9H2,1-3H3,(H,17,18,19). The lowest BCUT2D eigenvalue weighted by Crippen LogP contribution is -2.20. The van der Waals surface area contributed by atoms with Crippen LogP contribution in [0.3, 0.4) is 0 Å². The van der Waals surface area contributed by atoms with Crippen LogP contribution in [0.5, 0.6) is 0 Å². The Morgan fingerprint density at radius 3 is 2.65 bits per heavy atom. The van der Waals surface area contributed by atoms with Crippen LogP contribution in [0.15, 0.2) is 30.6 Å². The Kier molecular flexibility index (Phi) is 4.79. The van der Waals surface area contributed by atoms with Gasteiger partial charge in [0.2, 0.25) is 0 Å². The third-order valence-corrected chi connectivity index (χ3v) is 3.61. The van der Waals surface area contributed by atoms with E-state index in [9.17, 15) is 0 Å². The Balaban J connectivity index is 2.30. The molecule has 5 heteroatoms. The van der Waals surface area contributed by atoms with E-state index in [1.807, 2.05) is 38.4 Å². The Bertz CT molecular complexity index is 586. The zero-order chi connectivity index (χ0) is 14.5. The number of hydrogen-bond acceptors (Lipinski definition) is 4. The van der Waals surface area contributed by atoms with Crippen LogP contribution < -0.4 is 10.2 Å². The first-order chi connectivity index (χ1) is 9.67. The molecule has 0 atom stereocenters. The molecule has 0 saturated heterocycles. The largest absolute Gasteiger partial charge is 0.373 e.